The minimum Gasteiger partial charge on any atom is -0.505 e. The number of carbonyl (C=O) groups excluding carboxylic acids is 3. The van der Waals surface area contributed by atoms with Crippen LogP contribution in [0.3, 0.4) is 0 Å². The Labute approximate surface area is 144 Å². The number of H-pyrrole nitrogens is 1. The monoisotopic (exact) mass is 338 g/mol. The van der Waals surface area contributed by atoms with Gasteiger partial charge < -0.3 is 10.1 Å². The van der Waals surface area contributed by atoms with Gasteiger partial charge in [-0.25, -0.2) is 4.90 Å². The van der Waals surface area contributed by atoms with E-state index >= 15 is 0 Å². The van der Waals surface area contributed by atoms with Crippen LogP contribution in [0.25, 0.3) is 21.8 Å². The predicted octanol–water partition coefficient (Wildman–Crippen LogP) is 3.44. The molecule has 2 amide bonds. The first-order valence-electron chi connectivity index (χ1n) is 7.82. The number of aromatic amines is 1. The lowest BCUT2D eigenvalue weighted by Crippen LogP contribution is -2.33. The number of hydrogen-bond donors (Lipinski definition) is 2. The number of phenolic OH excluding ortho intramolecular Hbond substituents is 1. The zero-order chi connectivity index (χ0) is 18.5. The predicted molar refractivity (Wildman–Crippen MR) is 96.1 cm³/mol. The number of Topliss-reactive ketones (excluding diaryl/α,β-unsaturated/α-hetero) is 1. The van der Waals surface area contributed by atoms with Crippen LogP contribution in [0, 0.1) is 6.92 Å². The fourth-order valence-corrected chi connectivity index (χ4v) is 3.14. The van der Waals surface area contributed by atoms with Gasteiger partial charge in [0, 0.05) is 30.1 Å². The van der Waals surface area contributed by atoms with Crippen LogP contribution in [0.1, 0.15) is 36.7 Å². The van der Waals surface area contributed by atoms with Crippen LogP contribution < -0.4 is 4.90 Å². The zero-order valence-electron chi connectivity index (χ0n) is 14.4. The number of rotatable bonds is 2. The second kappa shape index (κ2) is 5.73. The third-order valence-electron chi connectivity index (χ3n) is 4.23. The van der Waals surface area contributed by atoms with Gasteiger partial charge in [-0.15, -0.1) is 0 Å². The Morgan fingerprint density at radius 1 is 1.00 bits per heavy atom. The van der Waals surface area contributed by atoms with Gasteiger partial charge >= 0.3 is 0 Å². The second-order valence-corrected chi connectivity index (χ2v) is 6.15. The first-order valence-corrected chi connectivity index (χ1v) is 7.82. The standard InChI is InChI=1S/C19H18N2O4/c1-9-5-6-16-14(7-9)15-8-13(10(2)22)19(25)18(17(15)20-16)21(11(3)23)12(4)24/h5-8,20,25H,1-4H3. The van der Waals surface area contributed by atoms with Crippen LogP contribution >= 0.6 is 0 Å². The molecule has 0 bridgehead atoms. The lowest BCUT2D eigenvalue weighted by atomic mass is 10.0. The van der Waals surface area contributed by atoms with Crippen molar-refractivity contribution < 1.29 is 19.5 Å². The summed E-state index contributed by atoms with van der Waals surface area (Å²) in [6.45, 7) is 5.75. The molecule has 0 aliphatic heterocycles. The molecule has 0 saturated carbocycles. The summed E-state index contributed by atoms with van der Waals surface area (Å²) in [6.07, 6.45) is 0. The Bertz CT molecular complexity index is 1050. The Hall–Kier alpha value is -3.15. The van der Waals surface area contributed by atoms with Crippen molar-refractivity contribution in [3.63, 3.8) is 0 Å². The first kappa shape index (κ1) is 16.7. The molecule has 2 N–H and O–H groups in total. The number of hydrogen-bond acceptors (Lipinski definition) is 4. The Morgan fingerprint density at radius 3 is 2.20 bits per heavy atom. The fourth-order valence-electron chi connectivity index (χ4n) is 3.14. The van der Waals surface area contributed by atoms with E-state index in [1.165, 1.54) is 20.8 Å². The van der Waals surface area contributed by atoms with Crippen molar-refractivity contribution in [2.75, 3.05) is 4.90 Å². The smallest absolute Gasteiger partial charge is 0.230 e. The summed E-state index contributed by atoms with van der Waals surface area (Å²) in [6, 6.07) is 7.35. The van der Waals surface area contributed by atoms with Crippen molar-refractivity contribution in [3.8, 4) is 5.75 Å². The quantitative estimate of drug-likeness (QED) is 0.700. The minimum atomic E-state index is -0.542. The van der Waals surface area contributed by atoms with Crippen LogP contribution in [-0.4, -0.2) is 27.7 Å². The van der Waals surface area contributed by atoms with Gasteiger partial charge in [-0.2, -0.15) is 0 Å². The molecular weight excluding hydrogens is 320 g/mol. The molecule has 0 radical (unpaired) electrons. The number of fused-ring (bicyclic) bond motifs is 3. The molecule has 0 spiro atoms. The number of nitrogens with zero attached hydrogens (tertiary/aromatic N) is 1. The van der Waals surface area contributed by atoms with E-state index in [0.29, 0.717) is 10.9 Å². The molecule has 128 valence electrons. The number of aryl methyl sites for hydroxylation is 1. The maximum absolute atomic E-state index is 12.0. The number of amides is 2. The summed E-state index contributed by atoms with van der Waals surface area (Å²) in [5.41, 5.74) is 2.33. The topological polar surface area (TPSA) is 90.5 Å². The van der Waals surface area contributed by atoms with E-state index in [1.54, 1.807) is 6.07 Å². The van der Waals surface area contributed by atoms with Crippen LogP contribution in [0.4, 0.5) is 5.69 Å². The number of carbonyl (C=O) groups is 3. The third-order valence-corrected chi connectivity index (χ3v) is 4.23. The number of phenols is 1. The molecule has 1 heterocycles. The molecule has 1 aromatic heterocycles. The first-order chi connectivity index (χ1) is 11.7. The largest absolute Gasteiger partial charge is 0.505 e. The molecule has 3 rings (SSSR count). The molecule has 3 aromatic rings. The molecule has 0 saturated heterocycles. The molecule has 2 aromatic carbocycles. The third kappa shape index (κ3) is 2.55. The van der Waals surface area contributed by atoms with Crippen LogP contribution in [0.5, 0.6) is 5.75 Å². The lowest BCUT2D eigenvalue weighted by molar-refractivity contribution is -0.124. The maximum atomic E-state index is 12.0. The number of ketones is 1. The van der Waals surface area contributed by atoms with E-state index in [9.17, 15) is 19.5 Å². The van der Waals surface area contributed by atoms with Crippen molar-refractivity contribution in [3.05, 3.63) is 35.4 Å². The van der Waals surface area contributed by atoms with E-state index in [2.05, 4.69) is 4.98 Å². The van der Waals surface area contributed by atoms with Crippen molar-refractivity contribution in [2.45, 2.75) is 27.7 Å². The Kier molecular flexibility index (Phi) is 3.83. The molecule has 0 aliphatic carbocycles. The van der Waals surface area contributed by atoms with Gasteiger partial charge in [0.15, 0.2) is 11.5 Å². The average molecular weight is 338 g/mol. The highest BCUT2D eigenvalue weighted by atomic mass is 16.3. The van der Waals surface area contributed by atoms with Crippen LogP contribution in [-0.2, 0) is 9.59 Å². The van der Waals surface area contributed by atoms with E-state index < -0.39 is 11.8 Å². The van der Waals surface area contributed by atoms with Crippen molar-refractivity contribution in [1.29, 1.82) is 0 Å². The average Bonchev–Trinajstić information content (AvgIpc) is 2.86. The number of imide groups is 1. The van der Waals surface area contributed by atoms with Gasteiger partial charge in [-0.3, -0.25) is 14.4 Å². The summed E-state index contributed by atoms with van der Waals surface area (Å²) in [5, 5.41) is 12.1. The summed E-state index contributed by atoms with van der Waals surface area (Å²) < 4.78 is 0. The fraction of sp³-hybridized carbons (Fsp3) is 0.211. The lowest BCUT2D eigenvalue weighted by Gasteiger charge is -2.20. The summed E-state index contributed by atoms with van der Waals surface area (Å²) >= 11 is 0. The molecule has 25 heavy (non-hydrogen) atoms. The SMILES string of the molecule is CC(=O)c1cc2c([nH]c3ccc(C)cc32)c(N(C(C)=O)C(C)=O)c1O. The number of anilines is 1. The van der Waals surface area contributed by atoms with E-state index in [4.69, 9.17) is 0 Å². The van der Waals surface area contributed by atoms with E-state index in [0.717, 1.165) is 21.4 Å². The number of aromatic nitrogens is 1. The van der Waals surface area contributed by atoms with Crippen molar-refractivity contribution in [1.82, 2.24) is 4.98 Å². The summed E-state index contributed by atoms with van der Waals surface area (Å²) in [7, 11) is 0. The zero-order valence-corrected chi connectivity index (χ0v) is 14.4. The highest BCUT2D eigenvalue weighted by Crippen LogP contribution is 2.42. The van der Waals surface area contributed by atoms with Crippen LogP contribution in [0.15, 0.2) is 24.3 Å². The highest BCUT2D eigenvalue weighted by Gasteiger charge is 2.27. The van der Waals surface area contributed by atoms with Gasteiger partial charge in [0.05, 0.1) is 11.1 Å². The summed E-state index contributed by atoms with van der Waals surface area (Å²) in [4.78, 5) is 40.1. The van der Waals surface area contributed by atoms with Gasteiger partial charge in [0.2, 0.25) is 11.8 Å². The normalized spacial score (nSPS) is 11.0. The molecule has 6 nitrogen and oxygen atoms in total. The Morgan fingerprint density at radius 2 is 1.64 bits per heavy atom. The van der Waals surface area contributed by atoms with Crippen molar-refractivity contribution in [2.24, 2.45) is 0 Å². The molecule has 0 fully saturated rings. The van der Waals surface area contributed by atoms with E-state index in [-0.39, 0.29) is 22.8 Å². The maximum Gasteiger partial charge on any atom is 0.230 e. The molecular formula is C19H18N2O4. The van der Waals surface area contributed by atoms with Gasteiger partial charge in [0.1, 0.15) is 5.69 Å². The van der Waals surface area contributed by atoms with Gasteiger partial charge in [-0.05, 0) is 32.0 Å². The van der Waals surface area contributed by atoms with E-state index in [1.807, 2.05) is 25.1 Å². The van der Waals surface area contributed by atoms with Crippen molar-refractivity contribution >= 4 is 45.1 Å². The molecule has 0 aliphatic rings. The van der Waals surface area contributed by atoms with Crippen LogP contribution in [0.2, 0.25) is 0 Å². The van der Waals surface area contributed by atoms with Gasteiger partial charge in [-0.1, -0.05) is 11.6 Å². The van der Waals surface area contributed by atoms with Gasteiger partial charge in [0.25, 0.3) is 0 Å². The molecule has 0 atom stereocenters. The number of benzene rings is 2. The second-order valence-electron chi connectivity index (χ2n) is 6.15. The number of aromatic hydroxyl groups is 1. The minimum absolute atomic E-state index is 0.0107. The molecule has 6 heteroatoms. The highest BCUT2D eigenvalue weighted by molar-refractivity contribution is 6.24. The molecule has 0 unspecified atom stereocenters. The number of nitrogens with one attached hydrogen (secondary N) is 1. The Balaban J connectivity index is 2.54. The summed E-state index contributed by atoms with van der Waals surface area (Å²) in [5.74, 6) is -1.82.